The van der Waals surface area contributed by atoms with E-state index in [-0.39, 0.29) is 6.29 Å². The minimum Gasteiger partial charge on any atom is -0.489 e. The zero-order valence-corrected chi connectivity index (χ0v) is 16.6. The summed E-state index contributed by atoms with van der Waals surface area (Å²) >= 11 is 0. The lowest BCUT2D eigenvalue weighted by molar-refractivity contribution is -0.108. The fourth-order valence-corrected chi connectivity index (χ4v) is 3.61. The molecule has 1 fully saturated rings. The van der Waals surface area contributed by atoms with E-state index in [0.717, 1.165) is 42.6 Å². The van der Waals surface area contributed by atoms with Gasteiger partial charge in [0.25, 0.3) is 5.88 Å². The van der Waals surface area contributed by atoms with Crippen LogP contribution in [0.1, 0.15) is 24.8 Å². The highest BCUT2D eigenvalue weighted by molar-refractivity contribution is 5.82. The summed E-state index contributed by atoms with van der Waals surface area (Å²) in [6, 6.07) is 24.3. The van der Waals surface area contributed by atoms with Crippen LogP contribution in [-0.2, 0) is 11.3 Å². The quantitative estimate of drug-likeness (QED) is 0.398. The van der Waals surface area contributed by atoms with Crippen molar-refractivity contribution in [3.8, 4) is 22.8 Å². The van der Waals surface area contributed by atoms with E-state index < -0.39 is 0 Å². The van der Waals surface area contributed by atoms with E-state index in [1.165, 1.54) is 11.1 Å². The van der Waals surface area contributed by atoms with Gasteiger partial charge in [-0.2, -0.15) is 0 Å². The van der Waals surface area contributed by atoms with E-state index in [4.69, 9.17) is 18.7 Å². The molecule has 1 aliphatic heterocycles. The van der Waals surface area contributed by atoms with Crippen molar-refractivity contribution >= 4 is 11.0 Å². The van der Waals surface area contributed by atoms with E-state index in [9.17, 15) is 0 Å². The average Bonchev–Trinajstić information content (AvgIpc) is 3.21. The highest BCUT2D eigenvalue weighted by Crippen LogP contribution is 2.29. The van der Waals surface area contributed by atoms with Gasteiger partial charge in [0.15, 0.2) is 5.58 Å². The second kappa shape index (κ2) is 8.59. The lowest BCUT2D eigenvalue weighted by Gasteiger charge is -2.22. The molecule has 1 atom stereocenters. The van der Waals surface area contributed by atoms with E-state index in [1.807, 2.05) is 48.5 Å². The molecule has 5 nitrogen and oxygen atoms in total. The molecule has 2 heterocycles. The Morgan fingerprint density at radius 3 is 2.53 bits per heavy atom. The molecule has 30 heavy (non-hydrogen) atoms. The van der Waals surface area contributed by atoms with Crippen molar-refractivity contribution in [2.24, 2.45) is 0 Å². The Morgan fingerprint density at radius 2 is 1.73 bits per heavy atom. The maximum absolute atomic E-state index is 5.98. The van der Waals surface area contributed by atoms with Gasteiger partial charge in [0, 0.05) is 6.42 Å². The number of ether oxygens (including phenoxy) is 3. The van der Waals surface area contributed by atoms with Crippen LogP contribution in [-0.4, -0.2) is 18.1 Å². The van der Waals surface area contributed by atoms with Crippen LogP contribution < -0.4 is 9.47 Å². The third kappa shape index (κ3) is 4.16. The minimum absolute atomic E-state index is 0.255. The molecule has 0 spiro atoms. The maximum Gasteiger partial charge on any atom is 0.264 e. The number of benzene rings is 3. The van der Waals surface area contributed by atoms with Crippen molar-refractivity contribution in [1.29, 1.82) is 0 Å². The molecule has 0 bridgehead atoms. The third-order valence-electron chi connectivity index (χ3n) is 5.25. The first kappa shape index (κ1) is 18.7. The van der Waals surface area contributed by atoms with Crippen molar-refractivity contribution in [2.45, 2.75) is 32.2 Å². The zero-order chi connectivity index (χ0) is 20.2. The summed E-state index contributed by atoms with van der Waals surface area (Å²) in [7, 11) is 0. The number of fused-ring (bicyclic) bond motifs is 1. The summed E-state index contributed by atoms with van der Waals surface area (Å²) < 4.78 is 22.9. The zero-order valence-electron chi connectivity index (χ0n) is 16.6. The molecule has 0 radical (unpaired) electrons. The Bertz CT molecular complexity index is 1100. The van der Waals surface area contributed by atoms with Crippen LogP contribution >= 0.6 is 0 Å². The summed E-state index contributed by atoms with van der Waals surface area (Å²) in [6.07, 6.45) is 2.79. The van der Waals surface area contributed by atoms with Crippen LogP contribution in [0.5, 0.6) is 11.6 Å². The topological polar surface area (TPSA) is 53.7 Å². The van der Waals surface area contributed by atoms with Gasteiger partial charge in [-0.1, -0.05) is 48.5 Å². The Labute approximate surface area is 175 Å². The number of hydrogen-bond donors (Lipinski definition) is 0. The highest BCUT2D eigenvalue weighted by atomic mass is 16.7. The van der Waals surface area contributed by atoms with E-state index in [2.05, 4.69) is 29.4 Å². The largest absolute Gasteiger partial charge is 0.489 e. The summed E-state index contributed by atoms with van der Waals surface area (Å²) in [4.78, 5) is 0. The van der Waals surface area contributed by atoms with Crippen molar-refractivity contribution in [3.05, 3.63) is 78.4 Å². The third-order valence-corrected chi connectivity index (χ3v) is 5.25. The maximum atomic E-state index is 5.98. The number of rotatable bonds is 6. The Morgan fingerprint density at radius 1 is 0.900 bits per heavy atom. The molecular formula is C25H23NO4. The molecule has 3 aromatic carbocycles. The number of nitrogens with zero attached hydrogens (tertiary/aromatic N) is 1. The second-order valence-electron chi connectivity index (χ2n) is 7.41. The molecule has 0 saturated carbocycles. The Kier molecular flexibility index (Phi) is 5.36. The van der Waals surface area contributed by atoms with Gasteiger partial charge < -0.3 is 18.7 Å². The predicted molar refractivity (Wildman–Crippen MR) is 114 cm³/mol. The van der Waals surface area contributed by atoms with Gasteiger partial charge in [-0.15, -0.1) is 0 Å². The van der Waals surface area contributed by atoms with Crippen LogP contribution in [0.3, 0.4) is 0 Å². The predicted octanol–water partition coefficient (Wildman–Crippen LogP) is 5.98. The Hall–Kier alpha value is -3.31. The summed E-state index contributed by atoms with van der Waals surface area (Å²) in [5.41, 5.74) is 4.07. The van der Waals surface area contributed by atoms with E-state index >= 15 is 0 Å². The lowest BCUT2D eigenvalue weighted by Crippen LogP contribution is -2.25. The normalized spacial score (nSPS) is 16.5. The fourth-order valence-electron chi connectivity index (χ4n) is 3.61. The van der Waals surface area contributed by atoms with Crippen molar-refractivity contribution in [3.63, 3.8) is 0 Å². The first-order valence-electron chi connectivity index (χ1n) is 10.3. The molecule has 1 saturated heterocycles. The molecule has 5 rings (SSSR count). The standard InChI is InChI=1S/C25H23NO4/c1-2-6-19(7-3-1)20-10-12-21(13-11-20)28-17-18-9-14-23-22(16-18)25(26-30-23)29-24-8-4-5-15-27-24/h1-3,6-7,9-14,16,24H,4-5,8,15,17H2. The van der Waals surface area contributed by atoms with Crippen molar-refractivity contribution in [2.75, 3.05) is 6.61 Å². The SMILES string of the molecule is c1ccc(-c2ccc(OCc3ccc4onc(OC5CCCCO5)c4c3)cc2)cc1. The van der Waals surface area contributed by atoms with Crippen LogP contribution in [0.25, 0.3) is 22.1 Å². The smallest absolute Gasteiger partial charge is 0.264 e. The average molecular weight is 401 g/mol. The molecule has 4 aromatic rings. The van der Waals surface area contributed by atoms with Gasteiger partial charge >= 0.3 is 0 Å². The summed E-state index contributed by atoms with van der Waals surface area (Å²) in [5, 5.41) is 4.91. The van der Waals surface area contributed by atoms with Gasteiger partial charge in [-0.3, -0.25) is 0 Å². The number of hydrogen-bond acceptors (Lipinski definition) is 5. The molecule has 1 unspecified atom stereocenters. The summed E-state index contributed by atoms with van der Waals surface area (Å²) in [5.74, 6) is 1.30. The first-order valence-corrected chi connectivity index (χ1v) is 10.3. The van der Waals surface area contributed by atoms with Crippen LogP contribution in [0, 0.1) is 0 Å². The Balaban J connectivity index is 1.26. The van der Waals surface area contributed by atoms with E-state index in [0.29, 0.717) is 18.1 Å². The highest BCUT2D eigenvalue weighted by Gasteiger charge is 2.19. The van der Waals surface area contributed by atoms with Gasteiger partial charge in [-0.25, -0.2) is 0 Å². The van der Waals surface area contributed by atoms with Gasteiger partial charge in [0.2, 0.25) is 6.29 Å². The van der Waals surface area contributed by atoms with Gasteiger partial charge in [-0.05, 0) is 59.0 Å². The van der Waals surface area contributed by atoms with Crippen molar-refractivity contribution < 1.29 is 18.7 Å². The molecule has 152 valence electrons. The van der Waals surface area contributed by atoms with Crippen molar-refractivity contribution in [1.82, 2.24) is 5.16 Å². The molecule has 1 aliphatic rings. The molecule has 0 aliphatic carbocycles. The summed E-state index contributed by atoms with van der Waals surface area (Å²) in [6.45, 7) is 1.17. The van der Waals surface area contributed by atoms with Gasteiger partial charge in [0.05, 0.1) is 12.0 Å². The van der Waals surface area contributed by atoms with E-state index in [1.54, 1.807) is 0 Å². The molecule has 1 aromatic heterocycles. The molecule has 0 amide bonds. The monoisotopic (exact) mass is 401 g/mol. The number of aromatic nitrogens is 1. The van der Waals surface area contributed by atoms with Crippen LogP contribution in [0.2, 0.25) is 0 Å². The molecular weight excluding hydrogens is 378 g/mol. The van der Waals surface area contributed by atoms with Crippen LogP contribution in [0.15, 0.2) is 77.3 Å². The van der Waals surface area contributed by atoms with Crippen LogP contribution in [0.4, 0.5) is 0 Å². The fraction of sp³-hybridized carbons (Fsp3) is 0.240. The second-order valence-corrected chi connectivity index (χ2v) is 7.41. The van der Waals surface area contributed by atoms with Gasteiger partial charge in [0.1, 0.15) is 12.4 Å². The first-order chi connectivity index (χ1) is 14.8. The molecule has 0 N–H and O–H groups in total. The molecule has 5 heteroatoms. The minimum atomic E-state index is -0.255. The lowest BCUT2D eigenvalue weighted by atomic mass is 10.1.